The number of ketones is 1. The summed E-state index contributed by atoms with van der Waals surface area (Å²) in [4.78, 5) is 27.5. The van der Waals surface area contributed by atoms with Crippen LogP contribution < -0.4 is 14.4 Å². The topological polar surface area (TPSA) is 76.1 Å². The number of unbranched alkanes of at least 4 members (excludes halogenated alkanes) is 1. The van der Waals surface area contributed by atoms with E-state index in [0.717, 1.165) is 12.8 Å². The highest BCUT2D eigenvalue weighted by molar-refractivity contribution is 6.10. The molecule has 2 heterocycles. The molecule has 2 aliphatic rings. The van der Waals surface area contributed by atoms with Crippen LogP contribution in [0.3, 0.4) is 0 Å². The Morgan fingerprint density at radius 2 is 1.96 bits per heavy atom. The second-order valence-corrected chi connectivity index (χ2v) is 6.86. The average Bonchev–Trinajstić information content (AvgIpc) is 3.22. The summed E-state index contributed by atoms with van der Waals surface area (Å²) in [6, 6.07) is 12.0. The van der Waals surface area contributed by atoms with Crippen LogP contribution in [-0.2, 0) is 10.4 Å². The maximum atomic E-state index is 13.0. The third-order valence-electron chi connectivity index (χ3n) is 5.09. The van der Waals surface area contributed by atoms with Gasteiger partial charge in [-0.3, -0.25) is 9.59 Å². The third kappa shape index (κ3) is 2.86. The summed E-state index contributed by atoms with van der Waals surface area (Å²) in [5.74, 6) is 0.316. The number of fused-ring (bicyclic) bond motifs is 2. The zero-order chi connectivity index (χ0) is 19.0. The average molecular weight is 367 g/mol. The van der Waals surface area contributed by atoms with Gasteiger partial charge in [-0.2, -0.15) is 0 Å². The molecule has 4 rings (SSSR count). The summed E-state index contributed by atoms with van der Waals surface area (Å²) in [6.45, 7) is 2.68. The molecule has 2 aromatic rings. The molecule has 2 aliphatic heterocycles. The third-order valence-corrected chi connectivity index (χ3v) is 5.09. The maximum Gasteiger partial charge on any atom is 0.264 e. The molecule has 1 unspecified atom stereocenters. The molecule has 0 fully saturated rings. The van der Waals surface area contributed by atoms with Crippen molar-refractivity contribution in [3.8, 4) is 11.5 Å². The summed E-state index contributed by atoms with van der Waals surface area (Å²) < 4.78 is 10.6. The molecule has 1 atom stereocenters. The molecule has 27 heavy (non-hydrogen) atoms. The van der Waals surface area contributed by atoms with E-state index in [0.29, 0.717) is 34.9 Å². The van der Waals surface area contributed by atoms with Crippen molar-refractivity contribution in [1.29, 1.82) is 0 Å². The van der Waals surface area contributed by atoms with Crippen LogP contribution in [0.15, 0.2) is 42.5 Å². The Labute approximate surface area is 157 Å². The first-order valence-electron chi connectivity index (χ1n) is 9.11. The largest absolute Gasteiger partial charge is 0.454 e. The molecule has 0 spiro atoms. The van der Waals surface area contributed by atoms with Crippen LogP contribution in [-0.4, -0.2) is 30.1 Å². The van der Waals surface area contributed by atoms with Gasteiger partial charge in [0.1, 0.15) is 0 Å². The highest BCUT2D eigenvalue weighted by Crippen LogP contribution is 2.43. The lowest BCUT2D eigenvalue weighted by molar-refractivity contribution is -0.135. The first-order chi connectivity index (χ1) is 13.0. The smallest absolute Gasteiger partial charge is 0.264 e. The number of carbonyl (C=O) groups excluding carboxylic acids is 2. The first-order valence-corrected chi connectivity index (χ1v) is 9.11. The highest BCUT2D eigenvalue weighted by Gasteiger charge is 2.50. The van der Waals surface area contributed by atoms with Gasteiger partial charge in [0, 0.05) is 17.7 Å². The summed E-state index contributed by atoms with van der Waals surface area (Å²) in [5.41, 5.74) is -0.306. The number of Topliss-reactive ketones (excluding diaryl/α,β-unsaturated/α-hetero) is 1. The van der Waals surface area contributed by atoms with E-state index in [1.807, 2.05) is 19.1 Å². The Morgan fingerprint density at radius 1 is 1.19 bits per heavy atom. The predicted molar refractivity (Wildman–Crippen MR) is 99.1 cm³/mol. The molecule has 6 nitrogen and oxygen atoms in total. The van der Waals surface area contributed by atoms with Gasteiger partial charge in [0.2, 0.25) is 6.79 Å². The van der Waals surface area contributed by atoms with Gasteiger partial charge in [-0.15, -0.1) is 0 Å². The number of hydrogen-bond acceptors (Lipinski definition) is 5. The Kier molecular flexibility index (Phi) is 4.36. The van der Waals surface area contributed by atoms with Crippen molar-refractivity contribution in [2.45, 2.75) is 31.8 Å². The van der Waals surface area contributed by atoms with E-state index in [1.54, 1.807) is 35.2 Å². The summed E-state index contributed by atoms with van der Waals surface area (Å²) in [6.07, 6.45) is 1.44. The predicted octanol–water partition coefficient (Wildman–Crippen LogP) is 3.02. The highest BCUT2D eigenvalue weighted by atomic mass is 16.7. The SMILES string of the molecule is CCCCN1C(=O)C(O)(CC(=O)c2ccc3c(c2)OCO3)c2ccccc21. The number of hydrogen-bond donors (Lipinski definition) is 1. The van der Waals surface area contributed by atoms with Crippen LogP contribution in [0.25, 0.3) is 0 Å². The molecule has 0 saturated heterocycles. The van der Waals surface area contributed by atoms with Gasteiger partial charge in [0.05, 0.1) is 12.1 Å². The van der Waals surface area contributed by atoms with Crippen molar-refractivity contribution in [1.82, 2.24) is 0 Å². The van der Waals surface area contributed by atoms with Gasteiger partial charge in [0.15, 0.2) is 22.9 Å². The van der Waals surface area contributed by atoms with Gasteiger partial charge >= 0.3 is 0 Å². The molecular weight excluding hydrogens is 346 g/mol. The number of para-hydroxylation sites is 1. The quantitative estimate of drug-likeness (QED) is 0.795. The number of anilines is 1. The monoisotopic (exact) mass is 367 g/mol. The number of carbonyl (C=O) groups is 2. The lowest BCUT2D eigenvalue weighted by atomic mass is 9.88. The van der Waals surface area contributed by atoms with Crippen LogP contribution in [0.2, 0.25) is 0 Å². The molecule has 6 heteroatoms. The molecule has 140 valence electrons. The molecule has 0 bridgehead atoms. The standard InChI is InChI=1S/C21H21NO5/c1-2-3-10-22-16-7-5-4-6-15(16)21(25,20(22)24)12-17(23)14-8-9-18-19(11-14)27-13-26-18/h4-9,11,25H,2-3,10,12-13H2,1H3. The zero-order valence-corrected chi connectivity index (χ0v) is 15.1. The minimum atomic E-state index is -1.85. The molecule has 0 aromatic heterocycles. The van der Waals surface area contributed by atoms with E-state index < -0.39 is 11.5 Å². The Hall–Kier alpha value is -2.86. The number of nitrogens with zero attached hydrogens (tertiary/aromatic N) is 1. The fourth-order valence-electron chi connectivity index (χ4n) is 3.62. The molecule has 0 aliphatic carbocycles. The van der Waals surface area contributed by atoms with Gasteiger partial charge in [0.25, 0.3) is 5.91 Å². The fraction of sp³-hybridized carbons (Fsp3) is 0.333. The maximum absolute atomic E-state index is 13.0. The molecule has 1 N–H and O–H groups in total. The van der Waals surface area contributed by atoms with Crippen molar-refractivity contribution >= 4 is 17.4 Å². The number of ether oxygens (including phenoxy) is 2. The van der Waals surface area contributed by atoms with Crippen LogP contribution in [0.5, 0.6) is 11.5 Å². The number of aliphatic hydroxyl groups is 1. The van der Waals surface area contributed by atoms with Crippen molar-refractivity contribution in [2.75, 3.05) is 18.2 Å². The second kappa shape index (κ2) is 6.70. The van der Waals surface area contributed by atoms with Crippen LogP contribution >= 0.6 is 0 Å². The number of amides is 1. The van der Waals surface area contributed by atoms with Gasteiger partial charge in [-0.25, -0.2) is 0 Å². The summed E-state index contributed by atoms with van der Waals surface area (Å²) in [5, 5.41) is 11.2. The fourth-order valence-corrected chi connectivity index (χ4v) is 3.62. The summed E-state index contributed by atoms with van der Waals surface area (Å²) >= 11 is 0. The first kappa shape index (κ1) is 17.5. The summed E-state index contributed by atoms with van der Waals surface area (Å²) in [7, 11) is 0. The molecule has 0 radical (unpaired) electrons. The van der Waals surface area contributed by atoms with Gasteiger partial charge < -0.3 is 19.5 Å². The molecular formula is C21H21NO5. The van der Waals surface area contributed by atoms with E-state index in [4.69, 9.17) is 9.47 Å². The van der Waals surface area contributed by atoms with Crippen molar-refractivity contribution < 1.29 is 24.2 Å². The Balaban J connectivity index is 1.64. The van der Waals surface area contributed by atoms with Crippen LogP contribution in [0, 0.1) is 0 Å². The minimum absolute atomic E-state index is 0.120. The lowest BCUT2D eigenvalue weighted by Gasteiger charge is -2.22. The lowest BCUT2D eigenvalue weighted by Crippen LogP contribution is -2.42. The zero-order valence-electron chi connectivity index (χ0n) is 15.1. The molecule has 0 saturated carbocycles. The van der Waals surface area contributed by atoms with E-state index in [9.17, 15) is 14.7 Å². The van der Waals surface area contributed by atoms with Crippen molar-refractivity contribution in [3.63, 3.8) is 0 Å². The van der Waals surface area contributed by atoms with Crippen LogP contribution in [0.4, 0.5) is 5.69 Å². The molecule has 1 amide bonds. The van der Waals surface area contributed by atoms with Crippen LogP contribution in [0.1, 0.15) is 42.1 Å². The van der Waals surface area contributed by atoms with Crippen molar-refractivity contribution in [3.05, 3.63) is 53.6 Å². The van der Waals surface area contributed by atoms with E-state index in [1.165, 1.54) is 0 Å². The van der Waals surface area contributed by atoms with E-state index in [2.05, 4.69) is 0 Å². The Morgan fingerprint density at radius 3 is 2.78 bits per heavy atom. The second-order valence-electron chi connectivity index (χ2n) is 6.86. The van der Waals surface area contributed by atoms with Crippen molar-refractivity contribution in [2.24, 2.45) is 0 Å². The van der Waals surface area contributed by atoms with Gasteiger partial charge in [-0.1, -0.05) is 31.5 Å². The van der Waals surface area contributed by atoms with Gasteiger partial charge in [-0.05, 0) is 30.7 Å². The number of benzene rings is 2. The van der Waals surface area contributed by atoms with E-state index >= 15 is 0 Å². The normalized spacial score (nSPS) is 20.1. The van der Waals surface area contributed by atoms with E-state index in [-0.39, 0.29) is 19.0 Å². The minimum Gasteiger partial charge on any atom is -0.454 e. The number of rotatable bonds is 6. The Bertz CT molecular complexity index is 909. The molecule has 2 aromatic carbocycles.